The maximum absolute atomic E-state index is 12.6. The second-order valence-electron chi connectivity index (χ2n) is 7.32. The number of anilines is 1. The third kappa shape index (κ3) is 4.97. The minimum atomic E-state index is -0.839. The average molecular weight is 544 g/mol. The van der Waals surface area contributed by atoms with E-state index in [0.717, 1.165) is 4.90 Å². The molecule has 0 bridgehead atoms. The summed E-state index contributed by atoms with van der Waals surface area (Å²) in [7, 11) is 0. The predicted molar refractivity (Wildman–Crippen MR) is 114 cm³/mol. The van der Waals surface area contributed by atoms with Crippen LogP contribution in [-0.2, 0) is 23.9 Å². The quantitative estimate of drug-likeness (QED) is 0.255. The summed E-state index contributed by atoms with van der Waals surface area (Å²) in [5, 5.41) is 2.53. The van der Waals surface area contributed by atoms with Gasteiger partial charge in [-0.15, -0.1) is 0 Å². The van der Waals surface area contributed by atoms with Gasteiger partial charge in [0.15, 0.2) is 12.4 Å². The smallest absolute Gasteiger partial charge is 0.326 e. The van der Waals surface area contributed by atoms with Gasteiger partial charge in [0.05, 0.1) is 11.8 Å². The van der Waals surface area contributed by atoms with Gasteiger partial charge in [0.2, 0.25) is 11.8 Å². The number of likely N-dealkylation sites (tertiary alicyclic amines) is 1. The average Bonchev–Trinajstić information content (AvgIpc) is 2.91. The Balaban J connectivity index is 1.51. The van der Waals surface area contributed by atoms with E-state index < -0.39 is 36.9 Å². The van der Waals surface area contributed by atoms with Gasteiger partial charge in [0.1, 0.15) is 6.54 Å². The van der Waals surface area contributed by atoms with Gasteiger partial charge < -0.3 is 10.1 Å². The van der Waals surface area contributed by atoms with E-state index in [-0.39, 0.29) is 27.3 Å². The van der Waals surface area contributed by atoms with Crippen molar-refractivity contribution in [2.24, 2.45) is 11.8 Å². The number of Topliss-reactive ketones (excluding diaryl/α,β-unsaturated/α-hetero) is 1. The Morgan fingerprint density at radius 3 is 2.27 bits per heavy atom. The summed E-state index contributed by atoms with van der Waals surface area (Å²) in [6.45, 7) is 0.326. The normalized spacial score (nSPS) is 25.6. The third-order valence-electron chi connectivity index (χ3n) is 5.21. The van der Waals surface area contributed by atoms with Gasteiger partial charge in [-0.2, -0.15) is 0 Å². The van der Waals surface area contributed by atoms with Gasteiger partial charge in [-0.05, 0) is 31.9 Å². The zero-order valence-electron chi connectivity index (χ0n) is 16.1. The van der Waals surface area contributed by atoms with E-state index in [1.165, 1.54) is 13.0 Å². The largest absolute Gasteiger partial charge is 0.454 e. The van der Waals surface area contributed by atoms with Crippen molar-refractivity contribution < 1.29 is 28.7 Å². The van der Waals surface area contributed by atoms with Crippen LogP contribution in [0.4, 0.5) is 5.69 Å². The van der Waals surface area contributed by atoms with Crippen LogP contribution in [0.15, 0.2) is 24.3 Å². The predicted octanol–water partition coefficient (Wildman–Crippen LogP) is 2.29. The Morgan fingerprint density at radius 1 is 1.10 bits per heavy atom. The van der Waals surface area contributed by atoms with Crippen LogP contribution < -0.4 is 5.32 Å². The van der Waals surface area contributed by atoms with Crippen molar-refractivity contribution in [2.75, 3.05) is 18.5 Å². The number of halogens is 2. The van der Waals surface area contributed by atoms with Crippen LogP contribution in [0, 0.1) is 11.8 Å². The molecule has 1 aliphatic heterocycles. The van der Waals surface area contributed by atoms with Gasteiger partial charge in [0.25, 0.3) is 5.91 Å². The van der Waals surface area contributed by atoms with E-state index in [1.807, 2.05) is 0 Å². The van der Waals surface area contributed by atoms with E-state index in [4.69, 9.17) is 4.74 Å². The van der Waals surface area contributed by atoms with E-state index in [0.29, 0.717) is 24.1 Å². The summed E-state index contributed by atoms with van der Waals surface area (Å²) in [5.41, 5.74) is 0.833. The van der Waals surface area contributed by atoms with Crippen LogP contribution >= 0.6 is 31.9 Å². The number of hydrogen-bond donors (Lipinski definition) is 1. The molecule has 1 aliphatic carbocycles. The Labute approximate surface area is 189 Å². The fraction of sp³-hybridized carbons (Fsp3) is 0.450. The van der Waals surface area contributed by atoms with Crippen molar-refractivity contribution in [3.8, 4) is 0 Å². The molecule has 1 saturated heterocycles. The van der Waals surface area contributed by atoms with Gasteiger partial charge >= 0.3 is 5.97 Å². The standard InChI is InChI=1S/C20H20Br2N2O6/c1-10(25)11-3-2-4-12(5-11)23-17(26)9-30-18(27)8-24-19(28)13-6-15(21)16(22)7-14(13)20(24)29/h2-5,13-16H,6-9H2,1H3,(H,23,26)/t13-,14+,15+,16-. The first-order valence-corrected chi connectivity index (χ1v) is 11.2. The van der Waals surface area contributed by atoms with Crippen molar-refractivity contribution in [3.05, 3.63) is 29.8 Å². The number of carbonyl (C=O) groups excluding carboxylic acids is 5. The maximum atomic E-state index is 12.6. The molecule has 2 fully saturated rings. The number of ketones is 1. The van der Waals surface area contributed by atoms with Crippen LogP contribution in [0.1, 0.15) is 30.1 Å². The molecule has 1 aromatic carbocycles. The highest BCUT2D eigenvalue weighted by Gasteiger charge is 2.52. The van der Waals surface area contributed by atoms with Crippen molar-refractivity contribution in [3.63, 3.8) is 0 Å². The summed E-state index contributed by atoms with van der Waals surface area (Å²) < 4.78 is 4.93. The highest BCUT2D eigenvalue weighted by molar-refractivity contribution is 9.12. The van der Waals surface area contributed by atoms with Crippen molar-refractivity contribution in [1.29, 1.82) is 0 Å². The number of benzene rings is 1. The number of nitrogens with zero attached hydrogens (tertiary/aromatic N) is 1. The third-order valence-corrected chi connectivity index (χ3v) is 7.94. The molecule has 3 rings (SSSR count). The Morgan fingerprint density at radius 2 is 1.70 bits per heavy atom. The number of amides is 3. The molecule has 30 heavy (non-hydrogen) atoms. The summed E-state index contributed by atoms with van der Waals surface area (Å²) in [6.07, 6.45) is 1.02. The lowest BCUT2D eigenvalue weighted by molar-refractivity contribution is -0.154. The van der Waals surface area contributed by atoms with Gasteiger partial charge in [-0.25, -0.2) is 0 Å². The zero-order valence-corrected chi connectivity index (χ0v) is 19.3. The molecule has 2 aliphatic rings. The molecule has 160 valence electrons. The highest BCUT2D eigenvalue weighted by Crippen LogP contribution is 2.43. The second kappa shape index (κ2) is 9.38. The lowest BCUT2D eigenvalue weighted by Gasteiger charge is -2.29. The first kappa shape index (κ1) is 22.6. The molecule has 0 spiro atoms. The Hall–Kier alpha value is -2.07. The molecule has 0 aromatic heterocycles. The molecule has 3 amide bonds. The number of carbonyl (C=O) groups is 5. The number of nitrogens with one attached hydrogen (secondary N) is 1. The molecule has 0 radical (unpaired) electrons. The fourth-order valence-corrected chi connectivity index (χ4v) is 4.89. The van der Waals surface area contributed by atoms with Gasteiger partial charge in [0, 0.05) is 20.9 Å². The molecule has 1 aromatic rings. The lowest BCUT2D eigenvalue weighted by Crippen LogP contribution is -2.37. The van der Waals surface area contributed by atoms with Crippen molar-refractivity contribution >= 4 is 67.0 Å². The molecule has 1 saturated carbocycles. The number of esters is 1. The summed E-state index contributed by atoms with van der Waals surface area (Å²) >= 11 is 7.01. The van der Waals surface area contributed by atoms with Crippen LogP contribution in [-0.4, -0.2) is 57.2 Å². The topological polar surface area (TPSA) is 110 Å². The number of imide groups is 1. The number of alkyl halides is 2. The minimum Gasteiger partial charge on any atom is -0.454 e. The lowest BCUT2D eigenvalue weighted by atomic mass is 9.81. The molecular weight excluding hydrogens is 524 g/mol. The fourth-order valence-electron chi connectivity index (χ4n) is 3.65. The minimum absolute atomic E-state index is 0.0765. The summed E-state index contributed by atoms with van der Waals surface area (Å²) in [6, 6.07) is 6.36. The number of rotatable bonds is 6. The van der Waals surface area contributed by atoms with E-state index in [1.54, 1.807) is 18.2 Å². The number of hydrogen-bond acceptors (Lipinski definition) is 6. The van der Waals surface area contributed by atoms with Crippen molar-refractivity contribution in [1.82, 2.24) is 4.90 Å². The first-order valence-electron chi connectivity index (χ1n) is 9.37. The first-order chi connectivity index (χ1) is 14.2. The summed E-state index contributed by atoms with van der Waals surface area (Å²) in [4.78, 5) is 61.7. The second-order valence-corrected chi connectivity index (χ2v) is 9.68. The molecule has 1 heterocycles. The van der Waals surface area contributed by atoms with E-state index in [2.05, 4.69) is 37.2 Å². The Bertz CT molecular complexity index is 877. The molecular formula is C20H20Br2N2O6. The SMILES string of the molecule is CC(=O)c1cccc(NC(=O)COC(=O)CN2C(=O)[C@H]3C[C@@H](Br)[C@@H](Br)C[C@H]3C2=O)c1. The molecule has 8 nitrogen and oxygen atoms in total. The molecule has 0 unspecified atom stereocenters. The number of fused-ring (bicyclic) bond motifs is 1. The Kier molecular flexibility index (Phi) is 7.07. The number of ether oxygens (including phenoxy) is 1. The summed E-state index contributed by atoms with van der Waals surface area (Å²) in [5.74, 6) is -3.22. The van der Waals surface area contributed by atoms with Crippen LogP contribution in [0.2, 0.25) is 0 Å². The monoisotopic (exact) mass is 542 g/mol. The zero-order chi connectivity index (χ0) is 22.0. The van der Waals surface area contributed by atoms with Crippen LogP contribution in [0.5, 0.6) is 0 Å². The molecule has 4 atom stereocenters. The maximum Gasteiger partial charge on any atom is 0.326 e. The van der Waals surface area contributed by atoms with Gasteiger partial charge in [-0.1, -0.05) is 44.0 Å². The van der Waals surface area contributed by atoms with E-state index in [9.17, 15) is 24.0 Å². The highest BCUT2D eigenvalue weighted by atomic mass is 79.9. The molecule has 1 N–H and O–H groups in total. The van der Waals surface area contributed by atoms with Gasteiger partial charge in [-0.3, -0.25) is 28.9 Å². The van der Waals surface area contributed by atoms with Crippen LogP contribution in [0.3, 0.4) is 0 Å². The van der Waals surface area contributed by atoms with Crippen molar-refractivity contribution in [2.45, 2.75) is 29.4 Å². The van der Waals surface area contributed by atoms with Crippen LogP contribution in [0.25, 0.3) is 0 Å². The molecule has 10 heteroatoms. The van der Waals surface area contributed by atoms with E-state index >= 15 is 0 Å².